The highest BCUT2D eigenvalue weighted by atomic mass is 32.1. The molecule has 2 N–H and O–H groups in total. The van der Waals surface area contributed by atoms with E-state index in [2.05, 4.69) is 17.1 Å². The van der Waals surface area contributed by atoms with Crippen LogP contribution in [0.2, 0.25) is 0 Å². The van der Waals surface area contributed by atoms with E-state index in [1.165, 1.54) is 0 Å². The van der Waals surface area contributed by atoms with Crippen LogP contribution >= 0.6 is 11.3 Å². The quantitative estimate of drug-likeness (QED) is 0.778. The number of hydrogen-bond acceptors (Lipinski definition) is 4. The highest BCUT2D eigenvalue weighted by Gasteiger charge is 2.04. The molecule has 0 saturated heterocycles. The van der Waals surface area contributed by atoms with Crippen molar-refractivity contribution < 1.29 is 4.74 Å². The molecule has 3 aromatic rings. The molecule has 0 radical (unpaired) electrons. The van der Waals surface area contributed by atoms with Gasteiger partial charge in [-0.05, 0) is 29.8 Å². The first-order valence-corrected chi connectivity index (χ1v) is 7.59. The number of aromatic nitrogens is 1. The second kappa shape index (κ2) is 6.52. The number of nitrogens with two attached hydrogens (primary N) is 1. The van der Waals surface area contributed by atoms with Crippen LogP contribution in [0.5, 0.6) is 5.75 Å². The lowest BCUT2D eigenvalue weighted by Gasteiger charge is -2.06. The number of hydrogen-bond donors (Lipinski definition) is 1. The Bertz CT molecular complexity index is 692. The fourth-order valence-corrected chi connectivity index (χ4v) is 2.77. The Balaban J connectivity index is 1.66. The summed E-state index contributed by atoms with van der Waals surface area (Å²) in [6.07, 6.45) is 1.83. The van der Waals surface area contributed by atoms with Crippen LogP contribution in [0.1, 0.15) is 10.4 Å². The van der Waals surface area contributed by atoms with Crippen molar-refractivity contribution in [2.45, 2.75) is 13.2 Å². The van der Waals surface area contributed by atoms with Crippen molar-refractivity contribution in [2.24, 2.45) is 5.73 Å². The molecular formula is C17H16N2OS. The molecule has 0 unspecified atom stereocenters. The molecule has 21 heavy (non-hydrogen) atoms. The minimum Gasteiger partial charge on any atom is -0.489 e. The molecule has 2 aromatic carbocycles. The van der Waals surface area contributed by atoms with Gasteiger partial charge in [0.25, 0.3) is 0 Å². The standard InChI is InChI=1S/C17H16N2OS/c18-10-16-11-19-17(21-16)14-6-8-15(9-7-14)20-12-13-4-2-1-3-5-13/h1-9,11H,10,12,18H2. The average Bonchev–Trinajstić information content (AvgIpc) is 3.03. The van der Waals surface area contributed by atoms with Crippen LogP contribution in [0.15, 0.2) is 60.8 Å². The van der Waals surface area contributed by atoms with E-state index in [9.17, 15) is 0 Å². The van der Waals surface area contributed by atoms with Crippen molar-refractivity contribution >= 4 is 11.3 Å². The van der Waals surface area contributed by atoms with E-state index in [-0.39, 0.29) is 0 Å². The Morgan fingerprint density at radius 3 is 2.43 bits per heavy atom. The third-order valence-electron chi connectivity index (χ3n) is 3.10. The maximum Gasteiger partial charge on any atom is 0.123 e. The molecule has 0 spiro atoms. The Kier molecular flexibility index (Phi) is 4.28. The molecule has 0 atom stereocenters. The molecule has 4 heteroatoms. The van der Waals surface area contributed by atoms with E-state index in [0.29, 0.717) is 13.2 Å². The van der Waals surface area contributed by atoms with Gasteiger partial charge in [0.1, 0.15) is 17.4 Å². The highest BCUT2D eigenvalue weighted by molar-refractivity contribution is 7.15. The first-order valence-electron chi connectivity index (χ1n) is 6.77. The fourth-order valence-electron chi connectivity index (χ4n) is 1.97. The van der Waals surface area contributed by atoms with Crippen molar-refractivity contribution in [2.75, 3.05) is 0 Å². The Hall–Kier alpha value is -2.17. The molecule has 0 saturated carbocycles. The summed E-state index contributed by atoms with van der Waals surface area (Å²) in [5.74, 6) is 0.859. The summed E-state index contributed by atoms with van der Waals surface area (Å²) < 4.78 is 5.77. The normalized spacial score (nSPS) is 10.5. The van der Waals surface area contributed by atoms with Crippen LogP contribution in [0, 0.1) is 0 Å². The summed E-state index contributed by atoms with van der Waals surface area (Å²) in [7, 11) is 0. The highest BCUT2D eigenvalue weighted by Crippen LogP contribution is 2.26. The molecule has 0 aliphatic carbocycles. The number of thiazole rings is 1. The fraction of sp³-hybridized carbons (Fsp3) is 0.118. The number of ether oxygens (including phenoxy) is 1. The molecule has 3 rings (SSSR count). The van der Waals surface area contributed by atoms with E-state index in [4.69, 9.17) is 10.5 Å². The summed E-state index contributed by atoms with van der Waals surface area (Å²) in [5.41, 5.74) is 7.86. The van der Waals surface area contributed by atoms with Crippen molar-refractivity contribution in [3.05, 3.63) is 71.2 Å². The SMILES string of the molecule is NCc1cnc(-c2ccc(OCc3ccccc3)cc2)s1. The lowest BCUT2D eigenvalue weighted by Crippen LogP contribution is -1.94. The largest absolute Gasteiger partial charge is 0.489 e. The van der Waals surface area contributed by atoms with Gasteiger partial charge < -0.3 is 10.5 Å². The Morgan fingerprint density at radius 1 is 1.00 bits per heavy atom. The first kappa shape index (κ1) is 13.8. The molecule has 3 nitrogen and oxygen atoms in total. The molecule has 0 bridgehead atoms. The maximum absolute atomic E-state index is 5.77. The van der Waals surface area contributed by atoms with Crippen LogP contribution in [-0.2, 0) is 13.2 Å². The zero-order chi connectivity index (χ0) is 14.5. The second-order valence-electron chi connectivity index (χ2n) is 4.63. The summed E-state index contributed by atoms with van der Waals surface area (Å²) >= 11 is 1.63. The van der Waals surface area contributed by atoms with Crippen molar-refractivity contribution in [1.29, 1.82) is 0 Å². The second-order valence-corrected chi connectivity index (χ2v) is 5.75. The molecule has 0 aliphatic rings. The van der Waals surface area contributed by atoms with Gasteiger partial charge >= 0.3 is 0 Å². The smallest absolute Gasteiger partial charge is 0.123 e. The topological polar surface area (TPSA) is 48.1 Å². The monoisotopic (exact) mass is 296 g/mol. The molecule has 1 aromatic heterocycles. The Morgan fingerprint density at radius 2 is 1.76 bits per heavy atom. The van der Waals surface area contributed by atoms with Gasteiger partial charge in [-0.1, -0.05) is 30.3 Å². The minimum absolute atomic E-state index is 0.538. The van der Waals surface area contributed by atoms with Gasteiger partial charge in [0.05, 0.1) is 0 Å². The average molecular weight is 296 g/mol. The molecule has 0 amide bonds. The van der Waals surface area contributed by atoms with Crippen LogP contribution < -0.4 is 10.5 Å². The van der Waals surface area contributed by atoms with Crippen molar-refractivity contribution in [1.82, 2.24) is 4.98 Å². The molecule has 0 fully saturated rings. The van der Waals surface area contributed by atoms with Crippen molar-refractivity contribution in [3.8, 4) is 16.3 Å². The molecule has 1 heterocycles. The third kappa shape index (κ3) is 3.48. The maximum atomic E-state index is 5.77. The zero-order valence-corrected chi connectivity index (χ0v) is 12.3. The summed E-state index contributed by atoms with van der Waals surface area (Å²) in [6.45, 7) is 1.12. The van der Waals surface area contributed by atoms with E-state index in [1.807, 2.05) is 48.7 Å². The predicted molar refractivity (Wildman–Crippen MR) is 86.2 cm³/mol. The lowest BCUT2D eigenvalue weighted by molar-refractivity contribution is 0.306. The van der Waals surface area contributed by atoms with E-state index in [0.717, 1.165) is 26.8 Å². The summed E-state index contributed by atoms with van der Waals surface area (Å²) in [5, 5.41) is 0.991. The van der Waals surface area contributed by atoms with Gasteiger partial charge in [-0.25, -0.2) is 4.98 Å². The molecule has 106 valence electrons. The third-order valence-corrected chi connectivity index (χ3v) is 4.17. The minimum atomic E-state index is 0.538. The van der Waals surface area contributed by atoms with Crippen LogP contribution in [0.25, 0.3) is 10.6 Å². The van der Waals surface area contributed by atoms with Crippen LogP contribution in [0.3, 0.4) is 0 Å². The molecular weight excluding hydrogens is 280 g/mol. The predicted octanol–water partition coefficient (Wildman–Crippen LogP) is 3.85. The van der Waals surface area contributed by atoms with Gasteiger partial charge in [0, 0.05) is 23.2 Å². The van der Waals surface area contributed by atoms with Gasteiger partial charge in [0.2, 0.25) is 0 Å². The number of rotatable bonds is 5. The van der Waals surface area contributed by atoms with E-state index >= 15 is 0 Å². The number of nitrogens with zero attached hydrogens (tertiary/aromatic N) is 1. The number of benzene rings is 2. The van der Waals surface area contributed by atoms with Gasteiger partial charge in [-0.3, -0.25) is 0 Å². The van der Waals surface area contributed by atoms with E-state index < -0.39 is 0 Å². The summed E-state index contributed by atoms with van der Waals surface area (Å²) in [4.78, 5) is 5.47. The van der Waals surface area contributed by atoms with Crippen LogP contribution in [0.4, 0.5) is 0 Å². The van der Waals surface area contributed by atoms with Crippen molar-refractivity contribution in [3.63, 3.8) is 0 Å². The van der Waals surface area contributed by atoms with Crippen LogP contribution in [-0.4, -0.2) is 4.98 Å². The first-order chi connectivity index (χ1) is 10.3. The summed E-state index contributed by atoms with van der Waals surface area (Å²) in [6, 6.07) is 18.1. The molecule has 0 aliphatic heterocycles. The lowest BCUT2D eigenvalue weighted by atomic mass is 10.2. The Labute approximate surface area is 128 Å². The van der Waals surface area contributed by atoms with E-state index in [1.54, 1.807) is 11.3 Å². The van der Waals surface area contributed by atoms with Gasteiger partial charge in [-0.2, -0.15) is 0 Å². The zero-order valence-electron chi connectivity index (χ0n) is 11.5. The van der Waals surface area contributed by atoms with Gasteiger partial charge in [-0.15, -0.1) is 11.3 Å². The van der Waals surface area contributed by atoms with Gasteiger partial charge in [0.15, 0.2) is 0 Å².